The number of carbonyl (C=O) groups excluding carboxylic acids is 2. The fourth-order valence-corrected chi connectivity index (χ4v) is 6.85. The number of allylic oxidation sites excluding steroid dienone is 3. The van der Waals surface area contributed by atoms with Gasteiger partial charge in [0, 0.05) is 24.0 Å². The molecule has 3 fully saturated rings. The molecule has 2 spiro atoms. The van der Waals surface area contributed by atoms with Gasteiger partial charge in [-0.3, -0.25) is 0 Å². The molecule has 0 amide bonds. The topological polar surface area (TPSA) is 104 Å². The molecule has 8 atom stereocenters. The number of aliphatic hydroxyl groups excluding tert-OH is 1. The van der Waals surface area contributed by atoms with E-state index in [-0.39, 0.29) is 18.8 Å². The minimum absolute atomic E-state index is 0.144. The van der Waals surface area contributed by atoms with Gasteiger partial charge >= 0.3 is 11.9 Å². The number of ether oxygens (including phenoxy) is 5. The summed E-state index contributed by atoms with van der Waals surface area (Å²) in [6.45, 7) is 8.73. The van der Waals surface area contributed by atoms with Crippen molar-refractivity contribution in [3.05, 3.63) is 47.6 Å². The van der Waals surface area contributed by atoms with Gasteiger partial charge in [-0.05, 0) is 40.0 Å². The van der Waals surface area contributed by atoms with E-state index in [1.54, 1.807) is 25.2 Å². The molecule has 5 rings (SSSR count). The Morgan fingerprint density at radius 2 is 1.84 bits per heavy atom. The van der Waals surface area contributed by atoms with Crippen molar-refractivity contribution in [2.45, 2.75) is 89.5 Å². The first-order valence-electron chi connectivity index (χ1n) is 13.3. The fourth-order valence-electron chi connectivity index (χ4n) is 6.85. The lowest BCUT2D eigenvalue weighted by Crippen LogP contribution is -2.66. The van der Waals surface area contributed by atoms with Crippen LogP contribution < -0.4 is 0 Å². The third-order valence-corrected chi connectivity index (χ3v) is 9.24. The Kier molecular flexibility index (Phi) is 6.98. The summed E-state index contributed by atoms with van der Waals surface area (Å²) in [4.78, 5) is 25.9. The summed E-state index contributed by atoms with van der Waals surface area (Å²) in [5, 5.41) is 10.0. The predicted molar refractivity (Wildman–Crippen MR) is 134 cm³/mol. The molecule has 0 aromatic heterocycles. The second-order valence-electron chi connectivity index (χ2n) is 11.4. The minimum atomic E-state index is -0.735. The lowest BCUT2D eigenvalue weighted by Gasteiger charge is -2.58. The Bertz CT molecular complexity index is 1050. The van der Waals surface area contributed by atoms with Crippen LogP contribution in [0.25, 0.3) is 0 Å². The van der Waals surface area contributed by atoms with E-state index in [1.807, 2.05) is 6.92 Å². The molecular weight excluding hydrogens is 476 g/mol. The summed E-state index contributed by atoms with van der Waals surface area (Å²) in [5.41, 5.74) is 0.318. The standard InChI is InChI=1S/C29H38O8/c1-18-9-11-28-16-34-26(32)14-19(2)10-12-33-21(20(3)30)7-5-6-8-25(31)37-22-15-24(36-23(28)13-18)29(17-35-29)27(22,28)4/h5-8,13-14,20-24,30H,9-12,15-17H2,1-4H3/b7-5+,8-6-,19-14+/t20-,21+,22-,23-,24-,27-,28-,29+/m1/s1. The van der Waals surface area contributed by atoms with Gasteiger partial charge in [0.2, 0.25) is 0 Å². The zero-order valence-corrected chi connectivity index (χ0v) is 22.1. The first-order chi connectivity index (χ1) is 17.6. The quantitative estimate of drug-likeness (QED) is 0.323. The summed E-state index contributed by atoms with van der Waals surface area (Å²) < 4.78 is 30.6. The molecule has 2 aliphatic carbocycles. The summed E-state index contributed by atoms with van der Waals surface area (Å²) in [5.74, 6) is -0.879. The summed E-state index contributed by atoms with van der Waals surface area (Å²) in [7, 11) is 0. The van der Waals surface area contributed by atoms with Crippen LogP contribution in [0.3, 0.4) is 0 Å². The Balaban J connectivity index is 1.51. The zero-order valence-electron chi connectivity index (χ0n) is 22.1. The summed E-state index contributed by atoms with van der Waals surface area (Å²) in [6, 6.07) is 0. The molecular formula is C29H38O8. The summed E-state index contributed by atoms with van der Waals surface area (Å²) in [6.07, 6.45) is 10.5. The largest absolute Gasteiger partial charge is 0.462 e. The van der Waals surface area contributed by atoms with Crippen molar-refractivity contribution in [3.8, 4) is 0 Å². The molecule has 2 bridgehead atoms. The molecule has 0 aromatic rings. The van der Waals surface area contributed by atoms with Crippen LogP contribution in [0.1, 0.15) is 53.4 Å². The van der Waals surface area contributed by atoms with Crippen LogP contribution in [0.4, 0.5) is 0 Å². The van der Waals surface area contributed by atoms with E-state index in [0.29, 0.717) is 26.1 Å². The number of hydrogen-bond acceptors (Lipinski definition) is 8. The van der Waals surface area contributed by atoms with Gasteiger partial charge in [0.15, 0.2) is 0 Å². The number of cyclic esters (lactones) is 1. The SMILES string of the molecule is CC1=C[C@H]2O[C@@H]3C[C@H]4OC(=O)/C=C\C=C\[C@@H]([C@@H](C)O)OCC/C(C)=C/C(=O)OC[C@@]2(CC1)[C@]4(C)[C@]31CO1. The van der Waals surface area contributed by atoms with Crippen molar-refractivity contribution in [1.82, 2.24) is 0 Å². The van der Waals surface area contributed by atoms with E-state index in [2.05, 4.69) is 19.9 Å². The smallest absolute Gasteiger partial charge is 0.331 e. The van der Waals surface area contributed by atoms with Crippen molar-refractivity contribution in [1.29, 1.82) is 0 Å². The number of carbonyl (C=O) groups is 2. The van der Waals surface area contributed by atoms with E-state index in [4.69, 9.17) is 23.7 Å². The number of epoxide rings is 1. The zero-order chi connectivity index (χ0) is 26.4. The second kappa shape index (κ2) is 9.80. The van der Waals surface area contributed by atoms with Crippen LogP contribution in [0, 0.1) is 10.8 Å². The average molecular weight is 515 g/mol. The van der Waals surface area contributed by atoms with Gasteiger partial charge in [0.1, 0.15) is 24.4 Å². The highest BCUT2D eigenvalue weighted by molar-refractivity contribution is 5.83. The van der Waals surface area contributed by atoms with Crippen LogP contribution in [-0.4, -0.2) is 73.0 Å². The van der Waals surface area contributed by atoms with E-state index in [1.165, 1.54) is 17.7 Å². The molecule has 1 N–H and O–H groups in total. The summed E-state index contributed by atoms with van der Waals surface area (Å²) >= 11 is 0. The fraction of sp³-hybridized carbons (Fsp3) is 0.655. The van der Waals surface area contributed by atoms with Crippen molar-refractivity contribution in [2.75, 3.05) is 19.8 Å². The third kappa shape index (κ3) is 4.42. The first-order valence-corrected chi connectivity index (χ1v) is 13.3. The van der Waals surface area contributed by atoms with Gasteiger partial charge in [0.25, 0.3) is 0 Å². The molecule has 3 heterocycles. The monoisotopic (exact) mass is 514 g/mol. The van der Waals surface area contributed by atoms with Crippen molar-refractivity contribution in [3.63, 3.8) is 0 Å². The molecule has 8 nitrogen and oxygen atoms in total. The molecule has 3 aliphatic heterocycles. The van der Waals surface area contributed by atoms with Gasteiger partial charge in [0.05, 0.1) is 36.9 Å². The van der Waals surface area contributed by atoms with Crippen LogP contribution in [-0.2, 0) is 33.3 Å². The number of aliphatic hydroxyl groups is 1. The number of hydrogen-bond donors (Lipinski definition) is 1. The van der Waals surface area contributed by atoms with Gasteiger partial charge in [-0.25, -0.2) is 9.59 Å². The Morgan fingerprint density at radius 3 is 2.57 bits per heavy atom. The Hall–Kier alpha value is -2.26. The van der Waals surface area contributed by atoms with Crippen LogP contribution in [0.2, 0.25) is 0 Å². The van der Waals surface area contributed by atoms with Crippen LogP contribution >= 0.6 is 0 Å². The maximum Gasteiger partial charge on any atom is 0.331 e. The van der Waals surface area contributed by atoms with Crippen molar-refractivity contribution in [2.24, 2.45) is 10.8 Å². The maximum absolute atomic E-state index is 12.9. The number of esters is 2. The highest BCUT2D eigenvalue weighted by Crippen LogP contribution is 2.72. The van der Waals surface area contributed by atoms with E-state index in [0.717, 1.165) is 18.4 Å². The van der Waals surface area contributed by atoms with Gasteiger partial charge in [-0.15, -0.1) is 0 Å². The average Bonchev–Trinajstić information content (AvgIpc) is 3.61. The van der Waals surface area contributed by atoms with Gasteiger partial charge in [-0.1, -0.05) is 42.4 Å². The highest BCUT2D eigenvalue weighted by Gasteiger charge is 2.83. The molecule has 2 saturated heterocycles. The molecule has 5 aliphatic rings. The van der Waals surface area contributed by atoms with Crippen LogP contribution in [0.5, 0.6) is 0 Å². The molecule has 37 heavy (non-hydrogen) atoms. The van der Waals surface area contributed by atoms with Gasteiger partial charge < -0.3 is 28.8 Å². The Labute approximate surface area is 218 Å². The maximum atomic E-state index is 12.9. The second-order valence-corrected chi connectivity index (χ2v) is 11.4. The normalized spacial score (nSPS) is 46.2. The van der Waals surface area contributed by atoms with E-state index < -0.39 is 46.7 Å². The Morgan fingerprint density at radius 1 is 1.05 bits per heavy atom. The minimum Gasteiger partial charge on any atom is -0.462 e. The lowest BCUT2D eigenvalue weighted by atomic mass is 9.51. The predicted octanol–water partition coefficient (Wildman–Crippen LogP) is 3.34. The molecule has 202 valence electrons. The van der Waals surface area contributed by atoms with E-state index >= 15 is 0 Å². The van der Waals surface area contributed by atoms with E-state index in [9.17, 15) is 14.7 Å². The molecule has 0 aromatic carbocycles. The van der Waals surface area contributed by atoms with Gasteiger partial charge in [-0.2, -0.15) is 0 Å². The highest BCUT2D eigenvalue weighted by atomic mass is 16.6. The molecule has 1 saturated carbocycles. The lowest BCUT2D eigenvalue weighted by molar-refractivity contribution is -0.232. The van der Waals surface area contributed by atoms with Crippen molar-refractivity contribution >= 4 is 11.9 Å². The number of rotatable bonds is 1. The third-order valence-electron chi connectivity index (χ3n) is 9.24. The molecule has 8 heteroatoms. The first kappa shape index (κ1) is 26.4. The van der Waals surface area contributed by atoms with Crippen LogP contribution in [0.15, 0.2) is 47.6 Å². The van der Waals surface area contributed by atoms with Crippen molar-refractivity contribution < 1.29 is 38.4 Å². The molecule has 0 radical (unpaired) electrons. The molecule has 0 unspecified atom stereocenters.